The normalized spacial score (nSPS) is 13.6. The summed E-state index contributed by atoms with van der Waals surface area (Å²) >= 11 is 0. The number of esters is 1. The second-order valence-corrected chi connectivity index (χ2v) is 6.45. The van der Waals surface area contributed by atoms with Crippen LogP contribution in [0, 0.1) is 0 Å². The highest BCUT2D eigenvalue weighted by atomic mass is 16.5. The Hall–Kier alpha value is -1.35. The molecule has 3 heteroatoms. The Bertz CT molecular complexity index is 480. The number of aliphatic hydroxyl groups excluding tert-OH is 1. The molecule has 0 bridgehead atoms. The number of benzene rings is 1. The van der Waals surface area contributed by atoms with Gasteiger partial charge in [-0.3, -0.25) is 0 Å². The molecule has 0 spiro atoms. The molecule has 0 aromatic heterocycles. The number of unbranched alkanes of at least 4 members (excludes halogenated alkanes) is 2. The van der Waals surface area contributed by atoms with E-state index in [9.17, 15) is 9.90 Å². The van der Waals surface area contributed by atoms with Crippen LogP contribution in [0.3, 0.4) is 0 Å². The number of carbonyl (C=O) groups excluding carboxylic acids is 1. The lowest BCUT2D eigenvalue weighted by Crippen LogP contribution is -2.21. The molecule has 130 valence electrons. The molecule has 1 aromatic rings. The molecule has 0 aliphatic rings. The summed E-state index contributed by atoms with van der Waals surface area (Å²) < 4.78 is 5.53. The van der Waals surface area contributed by atoms with Crippen LogP contribution in [0.25, 0.3) is 0 Å². The summed E-state index contributed by atoms with van der Waals surface area (Å²) in [6.45, 7) is 7.89. The third-order valence-corrected chi connectivity index (χ3v) is 4.05. The molecular formula is C20H32O3. The average molecular weight is 320 g/mol. The summed E-state index contributed by atoms with van der Waals surface area (Å²) in [4.78, 5) is 12.5. The van der Waals surface area contributed by atoms with Crippen LogP contribution in [-0.4, -0.2) is 23.3 Å². The number of ether oxygens (including phenoxy) is 1. The maximum Gasteiger partial charge on any atom is 0.338 e. The topological polar surface area (TPSA) is 46.5 Å². The van der Waals surface area contributed by atoms with Crippen LogP contribution in [0.2, 0.25) is 0 Å². The summed E-state index contributed by atoms with van der Waals surface area (Å²) in [7, 11) is 0. The van der Waals surface area contributed by atoms with E-state index in [0.717, 1.165) is 44.1 Å². The van der Waals surface area contributed by atoms with Crippen molar-refractivity contribution in [2.45, 2.75) is 84.8 Å². The van der Waals surface area contributed by atoms with Crippen molar-refractivity contribution >= 4 is 5.97 Å². The minimum absolute atomic E-state index is 0.261. The van der Waals surface area contributed by atoms with Crippen molar-refractivity contribution in [1.82, 2.24) is 0 Å². The zero-order valence-electron chi connectivity index (χ0n) is 15.1. The number of aryl methyl sites for hydroxylation is 1. The molecule has 0 fully saturated rings. The van der Waals surface area contributed by atoms with Crippen LogP contribution in [0.15, 0.2) is 18.2 Å². The van der Waals surface area contributed by atoms with E-state index in [1.807, 2.05) is 19.1 Å². The summed E-state index contributed by atoms with van der Waals surface area (Å²) in [6, 6.07) is 5.96. The third-order valence-electron chi connectivity index (χ3n) is 4.05. The van der Waals surface area contributed by atoms with Crippen LogP contribution in [0.5, 0.6) is 0 Å². The Morgan fingerprint density at radius 3 is 2.39 bits per heavy atom. The number of hydrogen-bond donors (Lipinski definition) is 1. The monoisotopic (exact) mass is 320 g/mol. The second-order valence-electron chi connectivity index (χ2n) is 6.45. The van der Waals surface area contributed by atoms with E-state index in [-0.39, 0.29) is 12.1 Å². The van der Waals surface area contributed by atoms with Crippen LogP contribution >= 0.6 is 0 Å². The van der Waals surface area contributed by atoms with Crippen LogP contribution in [0.1, 0.15) is 81.3 Å². The summed E-state index contributed by atoms with van der Waals surface area (Å²) in [5, 5.41) is 9.43. The van der Waals surface area contributed by atoms with Gasteiger partial charge in [0.25, 0.3) is 0 Å². The zero-order chi connectivity index (χ0) is 17.2. The molecule has 1 rings (SSSR count). The van der Waals surface area contributed by atoms with Crippen molar-refractivity contribution in [1.29, 1.82) is 0 Å². The first-order valence-electron chi connectivity index (χ1n) is 8.99. The molecule has 3 nitrogen and oxygen atoms in total. The van der Waals surface area contributed by atoms with E-state index >= 15 is 0 Å². The smallest absolute Gasteiger partial charge is 0.338 e. The fraction of sp³-hybridized carbons (Fsp3) is 0.650. The van der Waals surface area contributed by atoms with Gasteiger partial charge in [0.15, 0.2) is 0 Å². The van der Waals surface area contributed by atoms with E-state index in [4.69, 9.17) is 4.74 Å². The molecule has 0 amide bonds. The Kier molecular flexibility index (Phi) is 8.93. The van der Waals surface area contributed by atoms with Gasteiger partial charge in [0.1, 0.15) is 6.10 Å². The lowest BCUT2D eigenvalue weighted by molar-refractivity contribution is 0.0220. The largest absolute Gasteiger partial charge is 0.459 e. The molecule has 2 atom stereocenters. The van der Waals surface area contributed by atoms with Gasteiger partial charge < -0.3 is 9.84 Å². The van der Waals surface area contributed by atoms with Gasteiger partial charge in [-0.2, -0.15) is 0 Å². The van der Waals surface area contributed by atoms with Crippen molar-refractivity contribution in [3.63, 3.8) is 0 Å². The first kappa shape index (κ1) is 19.7. The van der Waals surface area contributed by atoms with E-state index in [0.29, 0.717) is 12.0 Å². The first-order valence-corrected chi connectivity index (χ1v) is 8.99. The van der Waals surface area contributed by atoms with Crippen LogP contribution in [-0.2, 0) is 17.6 Å². The van der Waals surface area contributed by atoms with Crippen molar-refractivity contribution in [3.05, 3.63) is 34.9 Å². The van der Waals surface area contributed by atoms with Crippen LogP contribution < -0.4 is 0 Å². The number of carbonyl (C=O) groups is 1. The molecule has 0 heterocycles. The highest BCUT2D eigenvalue weighted by Crippen LogP contribution is 2.21. The first-order chi connectivity index (χ1) is 11.0. The number of hydrogen-bond acceptors (Lipinski definition) is 3. The lowest BCUT2D eigenvalue weighted by atomic mass is 9.93. The van der Waals surface area contributed by atoms with E-state index < -0.39 is 6.10 Å². The van der Waals surface area contributed by atoms with Crippen molar-refractivity contribution < 1.29 is 14.6 Å². The van der Waals surface area contributed by atoms with Crippen molar-refractivity contribution in [2.24, 2.45) is 0 Å². The van der Waals surface area contributed by atoms with Crippen molar-refractivity contribution in [2.75, 3.05) is 0 Å². The molecule has 23 heavy (non-hydrogen) atoms. The highest BCUT2D eigenvalue weighted by molar-refractivity contribution is 5.91. The molecule has 1 aromatic carbocycles. The molecule has 1 N–H and O–H groups in total. The Balaban J connectivity index is 2.95. The van der Waals surface area contributed by atoms with Gasteiger partial charge in [-0.25, -0.2) is 4.79 Å². The van der Waals surface area contributed by atoms with E-state index in [1.165, 1.54) is 5.56 Å². The highest BCUT2D eigenvalue weighted by Gasteiger charge is 2.18. The maximum atomic E-state index is 12.5. The summed E-state index contributed by atoms with van der Waals surface area (Å²) in [5.41, 5.74) is 3.12. The van der Waals surface area contributed by atoms with E-state index in [2.05, 4.69) is 19.9 Å². The molecule has 0 saturated heterocycles. The van der Waals surface area contributed by atoms with Gasteiger partial charge in [0.05, 0.1) is 11.7 Å². The number of rotatable bonds is 10. The molecule has 2 unspecified atom stereocenters. The van der Waals surface area contributed by atoms with Crippen molar-refractivity contribution in [3.8, 4) is 0 Å². The van der Waals surface area contributed by atoms with Gasteiger partial charge in [0.2, 0.25) is 0 Å². The van der Waals surface area contributed by atoms with E-state index in [1.54, 1.807) is 6.92 Å². The number of aliphatic hydroxyl groups is 1. The lowest BCUT2D eigenvalue weighted by Gasteiger charge is -2.18. The van der Waals surface area contributed by atoms with Gasteiger partial charge in [-0.05, 0) is 56.7 Å². The molecule has 0 aliphatic heterocycles. The fourth-order valence-corrected chi connectivity index (χ4v) is 2.85. The fourth-order valence-electron chi connectivity index (χ4n) is 2.85. The molecule has 0 saturated carbocycles. The molecular weight excluding hydrogens is 288 g/mol. The quantitative estimate of drug-likeness (QED) is 0.636. The van der Waals surface area contributed by atoms with Gasteiger partial charge in [-0.15, -0.1) is 0 Å². The Labute approximate surface area is 141 Å². The minimum atomic E-state index is -0.465. The molecule has 0 aliphatic carbocycles. The molecule has 0 radical (unpaired) electrons. The SMILES string of the molecule is CCCCc1cccc(C(=O)OC(C)CC(C)O)c1CCCC. The van der Waals surface area contributed by atoms with Gasteiger partial charge in [-0.1, -0.05) is 38.8 Å². The Morgan fingerprint density at radius 2 is 1.78 bits per heavy atom. The third kappa shape index (κ3) is 6.74. The maximum absolute atomic E-state index is 12.5. The van der Waals surface area contributed by atoms with Crippen LogP contribution in [0.4, 0.5) is 0 Å². The summed E-state index contributed by atoms with van der Waals surface area (Å²) in [5.74, 6) is -0.261. The summed E-state index contributed by atoms with van der Waals surface area (Å²) in [6.07, 6.45) is 6.12. The predicted molar refractivity (Wildman–Crippen MR) is 94.8 cm³/mol. The standard InChI is InChI=1S/C20H32O3/c1-5-7-10-17-11-9-13-19(18(17)12-8-6-2)20(22)23-16(4)14-15(3)21/h9,11,13,15-16,21H,5-8,10,12,14H2,1-4H3. The van der Waals surface area contributed by atoms with Gasteiger partial charge >= 0.3 is 5.97 Å². The Morgan fingerprint density at radius 1 is 1.13 bits per heavy atom. The second kappa shape index (κ2) is 10.4. The minimum Gasteiger partial charge on any atom is -0.459 e. The predicted octanol–water partition coefficient (Wildman–Crippen LogP) is 4.69. The zero-order valence-corrected chi connectivity index (χ0v) is 15.1. The average Bonchev–Trinajstić information content (AvgIpc) is 2.49. The van der Waals surface area contributed by atoms with Gasteiger partial charge in [0, 0.05) is 6.42 Å².